The molecule has 0 saturated carbocycles. The Morgan fingerprint density at radius 2 is 2.00 bits per heavy atom. The average molecular weight is 337 g/mol. The van der Waals surface area contributed by atoms with Crippen molar-refractivity contribution in [3.05, 3.63) is 65.0 Å². The summed E-state index contributed by atoms with van der Waals surface area (Å²) < 4.78 is 8.72. The third-order valence-corrected chi connectivity index (χ3v) is 4.56. The molecule has 24 heavy (non-hydrogen) atoms. The molecule has 0 spiro atoms. The number of rotatable bonds is 5. The second-order valence-corrected chi connectivity index (χ2v) is 6.15. The molecule has 0 unspecified atom stereocenters. The number of ether oxygens (including phenoxy) is 1. The van der Waals surface area contributed by atoms with Crippen molar-refractivity contribution in [2.75, 3.05) is 6.61 Å². The summed E-state index contributed by atoms with van der Waals surface area (Å²) in [6.07, 6.45) is 5.58. The van der Waals surface area contributed by atoms with Crippen LogP contribution in [0.5, 0.6) is 5.75 Å². The van der Waals surface area contributed by atoms with Crippen LogP contribution in [-0.4, -0.2) is 17.4 Å². The Labute approximate surface area is 145 Å². The summed E-state index contributed by atoms with van der Waals surface area (Å²) in [5.74, 6) is 0.882. The van der Waals surface area contributed by atoms with Crippen LogP contribution in [0.3, 0.4) is 0 Å². The molecular formula is C19H19N3OS. The van der Waals surface area contributed by atoms with Crippen molar-refractivity contribution in [3.63, 3.8) is 0 Å². The average Bonchev–Trinajstić information content (AvgIpc) is 2.91. The molecule has 0 aliphatic heterocycles. The number of hydrogen-bond acceptors (Lipinski definition) is 4. The maximum Gasteiger partial charge on any atom is 0.211 e. The van der Waals surface area contributed by atoms with Crippen LogP contribution in [0.25, 0.3) is 16.3 Å². The van der Waals surface area contributed by atoms with Crippen molar-refractivity contribution in [1.82, 2.24) is 4.57 Å². The Kier molecular flexibility index (Phi) is 5.23. The first-order chi connectivity index (χ1) is 11.8. The van der Waals surface area contributed by atoms with Crippen LogP contribution in [0.15, 0.2) is 64.8 Å². The molecule has 1 aromatic heterocycles. The van der Waals surface area contributed by atoms with Crippen molar-refractivity contribution >= 4 is 33.8 Å². The van der Waals surface area contributed by atoms with Crippen LogP contribution < -0.4 is 9.54 Å². The first-order valence-corrected chi connectivity index (χ1v) is 8.60. The predicted molar refractivity (Wildman–Crippen MR) is 101 cm³/mol. The molecule has 0 N–H and O–H groups in total. The lowest BCUT2D eigenvalue weighted by molar-refractivity contribution is 0.341. The molecule has 0 bridgehead atoms. The molecule has 4 nitrogen and oxygen atoms in total. The zero-order chi connectivity index (χ0) is 16.8. The summed E-state index contributed by atoms with van der Waals surface area (Å²) in [7, 11) is 1.99. The van der Waals surface area contributed by atoms with Gasteiger partial charge in [-0.2, -0.15) is 5.10 Å². The second kappa shape index (κ2) is 7.75. The highest BCUT2D eigenvalue weighted by Crippen LogP contribution is 2.22. The number of aromatic nitrogens is 1. The molecule has 0 radical (unpaired) electrons. The van der Waals surface area contributed by atoms with Crippen LogP contribution in [0.4, 0.5) is 0 Å². The lowest BCUT2D eigenvalue weighted by atomic mass is 10.2. The summed E-state index contributed by atoms with van der Waals surface area (Å²) in [6, 6.07) is 16.2. The van der Waals surface area contributed by atoms with Gasteiger partial charge in [-0.25, -0.2) is 0 Å². The van der Waals surface area contributed by atoms with Crippen molar-refractivity contribution in [1.29, 1.82) is 0 Å². The molecule has 3 rings (SSSR count). The lowest BCUT2D eigenvalue weighted by Crippen LogP contribution is -2.08. The number of aryl methyl sites for hydroxylation is 1. The fourth-order valence-electron chi connectivity index (χ4n) is 2.31. The third-order valence-electron chi connectivity index (χ3n) is 3.48. The van der Waals surface area contributed by atoms with E-state index >= 15 is 0 Å². The first-order valence-electron chi connectivity index (χ1n) is 7.79. The van der Waals surface area contributed by atoms with Crippen molar-refractivity contribution in [3.8, 4) is 5.75 Å². The summed E-state index contributed by atoms with van der Waals surface area (Å²) >= 11 is 1.60. The van der Waals surface area contributed by atoms with Crippen molar-refractivity contribution in [2.45, 2.75) is 6.92 Å². The number of thiazole rings is 1. The number of hydrogen-bond donors (Lipinski definition) is 0. The van der Waals surface area contributed by atoms with Crippen LogP contribution in [0.2, 0.25) is 0 Å². The van der Waals surface area contributed by atoms with Gasteiger partial charge in [0, 0.05) is 13.3 Å². The van der Waals surface area contributed by atoms with Gasteiger partial charge in [-0.15, -0.1) is 5.10 Å². The fraction of sp³-hybridized carbons (Fsp3) is 0.158. The van der Waals surface area contributed by atoms with E-state index in [0.29, 0.717) is 6.61 Å². The fourth-order valence-corrected chi connectivity index (χ4v) is 3.31. The van der Waals surface area contributed by atoms with Crippen molar-refractivity contribution in [2.24, 2.45) is 17.3 Å². The van der Waals surface area contributed by atoms with Gasteiger partial charge >= 0.3 is 0 Å². The molecule has 0 fully saturated rings. The number of benzene rings is 2. The Balaban J connectivity index is 1.80. The molecule has 0 amide bonds. The van der Waals surface area contributed by atoms with Crippen LogP contribution in [-0.2, 0) is 7.05 Å². The highest BCUT2D eigenvalue weighted by Gasteiger charge is 2.04. The molecule has 0 atom stereocenters. The van der Waals surface area contributed by atoms with Crippen LogP contribution >= 0.6 is 11.3 Å². The smallest absolute Gasteiger partial charge is 0.211 e. The predicted octanol–water partition coefficient (Wildman–Crippen LogP) is 4.24. The number of nitrogens with zero attached hydrogens (tertiary/aromatic N) is 3. The maximum absolute atomic E-state index is 5.55. The van der Waals surface area contributed by atoms with Gasteiger partial charge in [0.1, 0.15) is 5.75 Å². The van der Waals surface area contributed by atoms with Crippen LogP contribution in [0.1, 0.15) is 12.5 Å². The third kappa shape index (κ3) is 3.81. The maximum atomic E-state index is 5.55. The van der Waals surface area contributed by atoms with Crippen LogP contribution in [0, 0.1) is 0 Å². The summed E-state index contributed by atoms with van der Waals surface area (Å²) in [6.45, 7) is 2.65. The molecule has 122 valence electrons. The van der Waals surface area contributed by atoms with E-state index in [1.54, 1.807) is 17.6 Å². The molecule has 0 saturated heterocycles. The van der Waals surface area contributed by atoms with E-state index in [-0.39, 0.29) is 0 Å². The van der Waals surface area contributed by atoms with Gasteiger partial charge in [0.25, 0.3) is 0 Å². The molecule has 2 aromatic carbocycles. The molecule has 0 aliphatic carbocycles. The van der Waals surface area contributed by atoms with E-state index in [0.717, 1.165) is 26.3 Å². The quantitative estimate of drug-likeness (QED) is 0.507. The minimum absolute atomic E-state index is 0.665. The highest BCUT2D eigenvalue weighted by atomic mass is 32.1. The second-order valence-electron chi connectivity index (χ2n) is 5.14. The van der Waals surface area contributed by atoms with E-state index < -0.39 is 0 Å². The van der Waals surface area contributed by atoms with E-state index in [4.69, 9.17) is 4.74 Å². The Morgan fingerprint density at radius 3 is 2.79 bits per heavy atom. The van der Waals surface area contributed by atoms with Gasteiger partial charge in [0.15, 0.2) is 0 Å². The monoisotopic (exact) mass is 337 g/mol. The topological polar surface area (TPSA) is 38.9 Å². The molecule has 1 heterocycles. The van der Waals surface area contributed by atoms with E-state index in [1.807, 2.05) is 73.2 Å². The van der Waals surface area contributed by atoms with Crippen molar-refractivity contribution < 1.29 is 4.74 Å². The largest absolute Gasteiger partial charge is 0.494 e. The Morgan fingerprint density at radius 1 is 1.17 bits per heavy atom. The summed E-state index contributed by atoms with van der Waals surface area (Å²) in [5.41, 5.74) is 2.26. The molecule has 3 aromatic rings. The summed E-state index contributed by atoms with van der Waals surface area (Å²) in [5, 5.41) is 8.45. The number of fused-ring (bicyclic) bond motifs is 1. The van der Waals surface area contributed by atoms with Gasteiger partial charge in [-0.1, -0.05) is 47.7 Å². The van der Waals surface area contributed by atoms with Gasteiger partial charge in [-0.3, -0.25) is 0 Å². The van der Waals surface area contributed by atoms with Gasteiger partial charge < -0.3 is 9.30 Å². The summed E-state index contributed by atoms with van der Waals surface area (Å²) in [4.78, 5) is 0.850. The van der Waals surface area contributed by atoms with Gasteiger partial charge in [-0.05, 0) is 36.8 Å². The minimum Gasteiger partial charge on any atom is -0.494 e. The highest BCUT2D eigenvalue weighted by molar-refractivity contribution is 7.16. The SMILES string of the molecule is CCOc1ccc2c(c1)s/c(=N/N=C/C=C/c1ccccc1)n2C. The van der Waals surface area contributed by atoms with Gasteiger partial charge in [0.05, 0.1) is 16.8 Å². The minimum atomic E-state index is 0.665. The standard InChI is InChI=1S/C19H19N3OS/c1-3-23-16-11-12-17-18(14-16)24-19(22(17)2)21-20-13-7-10-15-8-5-4-6-9-15/h4-14H,3H2,1-2H3/b10-7+,20-13+,21-19+. The number of allylic oxidation sites excluding steroid dienone is 1. The zero-order valence-electron chi connectivity index (χ0n) is 13.7. The van der Waals surface area contributed by atoms with E-state index in [1.165, 1.54) is 0 Å². The van der Waals surface area contributed by atoms with E-state index in [2.05, 4.69) is 16.3 Å². The Bertz CT molecular complexity index is 936. The van der Waals surface area contributed by atoms with Gasteiger partial charge in [0.2, 0.25) is 4.80 Å². The lowest BCUT2D eigenvalue weighted by Gasteiger charge is -2.02. The Hall–Kier alpha value is -2.66. The molecule has 0 aliphatic rings. The normalized spacial score (nSPS) is 12.7. The van der Waals surface area contributed by atoms with E-state index in [9.17, 15) is 0 Å². The zero-order valence-corrected chi connectivity index (χ0v) is 14.5. The first kappa shape index (κ1) is 16.2. The molecular weight excluding hydrogens is 318 g/mol. The molecule has 5 heteroatoms.